The van der Waals surface area contributed by atoms with Gasteiger partial charge in [-0.3, -0.25) is 0 Å². The van der Waals surface area contributed by atoms with Gasteiger partial charge in [-0.25, -0.2) is 4.79 Å². The molecule has 4 N–H and O–H groups in total. The molecule has 0 unspecified atom stereocenters. The van der Waals surface area contributed by atoms with Gasteiger partial charge in [-0.1, -0.05) is 47.1 Å². The number of hydrogen-bond acceptors (Lipinski definition) is 5. The number of rotatable bonds is 6. The Hall–Kier alpha value is -0.910. The van der Waals surface area contributed by atoms with Gasteiger partial charge in [-0.2, -0.15) is 0 Å². The van der Waals surface area contributed by atoms with Crippen LogP contribution in [0.4, 0.5) is 0 Å². The molecule has 21 heavy (non-hydrogen) atoms. The van der Waals surface area contributed by atoms with Crippen LogP contribution in [0.15, 0.2) is 12.2 Å². The predicted molar refractivity (Wildman–Crippen MR) is 90.1 cm³/mol. The second kappa shape index (κ2) is 31.5. The highest BCUT2D eigenvalue weighted by molar-refractivity contribution is 5.81. The van der Waals surface area contributed by atoms with E-state index in [1.807, 2.05) is 13.8 Å². The molecule has 5 heteroatoms. The lowest BCUT2D eigenvalue weighted by Crippen LogP contribution is -1.95. The third kappa shape index (κ3) is 54.8. The number of carbonyl (C=O) groups excluding carboxylic acids is 1. The summed E-state index contributed by atoms with van der Waals surface area (Å²) >= 11 is 0. The first-order valence-electron chi connectivity index (χ1n) is 7.66. The Morgan fingerprint density at radius 2 is 1.81 bits per heavy atom. The quantitative estimate of drug-likeness (QED) is 0.518. The number of methoxy groups -OCH3 is 1. The zero-order valence-corrected chi connectivity index (χ0v) is 14.8. The van der Waals surface area contributed by atoms with Crippen molar-refractivity contribution in [2.75, 3.05) is 26.9 Å². The number of aliphatic hydroxyl groups is 2. The van der Waals surface area contributed by atoms with Gasteiger partial charge in [0.15, 0.2) is 0 Å². The van der Waals surface area contributed by atoms with Crippen LogP contribution in [0.25, 0.3) is 0 Å². The minimum absolute atomic E-state index is 0.130. The van der Waals surface area contributed by atoms with Gasteiger partial charge in [0, 0.05) is 12.7 Å². The Morgan fingerprint density at radius 1 is 1.29 bits per heavy atom. The number of unbranched alkanes of at least 4 members (excludes halogenated alkanes) is 1. The Kier molecular flexibility index (Phi) is 42.4. The number of carbonyl (C=O) groups is 1. The number of hydrogen-bond donors (Lipinski definition) is 3. The molecule has 0 bridgehead atoms. The van der Waals surface area contributed by atoms with E-state index in [9.17, 15) is 4.79 Å². The first-order chi connectivity index (χ1) is 9.99. The van der Waals surface area contributed by atoms with Crippen LogP contribution in [0.3, 0.4) is 0 Å². The largest absolute Gasteiger partial charge is 0.466 e. The van der Waals surface area contributed by atoms with E-state index in [2.05, 4.69) is 25.5 Å². The normalized spacial score (nSPS) is 8.86. The van der Waals surface area contributed by atoms with Crippen LogP contribution < -0.4 is 5.73 Å². The van der Waals surface area contributed by atoms with E-state index in [0.717, 1.165) is 13.0 Å². The average molecular weight is 307 g/mol. The van der Waals surface area contributed by atoms with Crippen LogP contribution in [0, 0.1) is 5.92 Å². The first-order valence-corrected chi connectivity index (χ1v) is 7.66. The number of nitrogens with two attached hydrogens (primary N) is 1. The fourth-order valence-electron chi connectivity index (χ4n) is 0.679. The van der Waals surface area contributed by atoms with Gasteiger partial charge in [0.1, 0.15) is 0 Å². The zero-order valence-electron chi connectivity index (χ0n) is 14.8. The molecule has 0 rings (SSSR count). The summed E-state index contributed by atoms with van der Waals surface area (Å²) in [7, 11) is 1.28. The van der Waals surface area contributed by atoms with Crippen LogP contribution in [-0.2, 0) is 9.53 Å². The van der Waals surface area contributed by atoms with Gasteiger partial charge in [0.05, 0.1) is 13.7 Å². The summed E-state index contributed by atoms with van der Waals surface area (Å²) in [6.07, 6.45) is 5.79. The molecule has 130 valence electrons. The molecule has 0 aromatic rings. The summed E-state index contributed by atoms with van der Waals surface area (Å²) in [6.45, 7) is 11.4. The highest BCUT2D eigenvalue weighted by atomic mass is 16.5. The van der Waals surface area contributed by atoms with E-state index in [4.69, 9.17) is 15.9 Å². The van der Waals surface area contributed by atoms with Crippen molar-refractivity contribution in [1.82, 2.24) is 0 Å². The fraction of sp³-hybridized carbons (Fsp3) is 0.812. The van der Waals surface area contributed by atoms with Crippen LogP contribution in [0.5, 0.6) is 0 Å². The molecule has 0 saturated carbocycles. The van der Waals surface area contributed by atoms with Gasteiger partial charge < -0.3 is 20.7 Å². The second-order valence-electron chi connectivity index (χ2n) is 4.16. The summed E-state index contributed by atoms with van der Waals surface area (Å²) in [5.74, 6) is 0.203. The molecule has 0 aliphatic heterocycles. The summed E-state index contributed by atoms with van der Waals surface area (Å²) < 4.78 is 4.22. The molecular weight excluding hydrogens is 270 g/mol. The first kappa shape index (κ1) is 28.3. The molecule has 0 aliphatic rings. The maximum atomic E-state index is 10.2. The van der Waals surface area contributed by atoms with E-state index in [-0.39, 0.29) is 6.61 Å². The van der Waals surface area contributed by atoms with Crippen molar-refractivity contribution in [3.05, 3.63) is 12.2 Å². The van der Waals surface area contributed by atoms with Gasteiger partial charge in [-0.15, -0.1) is 0 Å². The Bertz CT molecular complexity index is 193. The third-order valence-electron chi connectivity index (χ3n) is 1.82. The van der Waals surface area contributed by atoms with Crippen molar-refractivity contribution < 1.29 is 19.7 Å². The second-order valence-corrected chi connectivity index (χ2v) is 4.16. The van der Waals surface area contributed by atoms with Crippen molar-refractivity contribution in [3.63, 3.8) is 0 Å². The monoisotopic (exact) mass is 307 g/mol. The molecule has 0 heterocycles. The SMILES string of the molecule is CC.CC(C)CCO.CCCCN.COC(=O)/C=C/CO. The number of aliphatic hydroxyl groups excluding tert-OH is 2. The lowest BCUT2D eigenvalue weighted by molar-refractivity contribution is -0.134. The molecule has 5 nitrogen and oxygen atoms in total. The van der Waals surface area contributed by atoms with Gasteiger partial charge in [0.2, 0.25) is 0 Å². The van der Waals surface area contributed by atoms with Crippen molar-refractivity contribution in [2.45, 2.75) is 53.9 Å². The molecule has 0 radical (unpaired) electrons. The van der Waals surface area contributed by atoms with Crippen molar-refractivity contribution in [3.8, 4) is 0 Å². The van der Waals surface area contributed by atoms with Crippen LogP contribution in [0.1, 0.15) is 53.9 Å². The van der Waals surface area contributed by atoms with E-state index in [1.165, 1.54) is 32.1 Å². The predicted octanol–water partition coefficient (Wildman–Crippen LogP) is 2.50. The molecule has 0 fully saturated rings. The van der Waals surface area contributed by atoms with Gasteiger partial charge in [-0.05, 0) is 25.3 Å². The molecule has 0 aliphatic carbocycles. The molecule has 0 aromatic heterocycles. The minimum Gasteiger partial charge on any atom is -0.466 e. The molecule has 0 aromatic carbocycles. The molecular formula is C16H37NO4. The average Bonchev–Trinajstić information content (AvgIpc) is 2.48. The van der Waals surface area contributed by atoms with Gasteiger partial charge in [0.25, 0.3) is 0 Å². The summed E-state index contributed by atoms with van der Waals surface area (Å²) in [6, 6.07) is 0. The van der Waals surface area contributed by atoms with Crippen LogP contribution >= 0.6 is 0 Å². The molecule has 0 amide bonds. The lowest BCUT2D eigenvalue weighted by Gasteiger charge is -1.95. The molecule has 0 atom stereocenters. The van der Waals surface area contributed by atoms with E-state index >= 15 is 0 Å². The molecule has 0 spiro atoms. The van der Waals surface area contributed by atoms with E-state index in [1.54, 1.807) is 0 Å². The third-order valence-corrected chi connectivity index (χ3v) is 1.82. The highest BCUT2D eigenvalue weighted by Crippen LogP contribution is 1.94. The van der Waals surface area contributed by atoms with Crippen molar-refractivity contribution in [1.29, 1.82) is 0 Å². The fourth-order valence-corrected chi connectivity index (χ4v) is 0.679. The van der Waals surface area contributed by atoms with E-state index in [0.29, 0.717) is 12.5 Å². The maximum absolute atomic E-state index is 10.2. The summed E-state index contributed by atoms with van der Waals surface area (Å²) in [5, 5.41) is 16.4. The smallest absolute Gasteiger partial charge is 0.330 e. The Balaban J connectivity index is -0.0000000998. The topological polar surface area (TPSA) is 92.8 Å². The van der Waals surface area contributed by atoms with Gasteiger partial charge >= 0.3 is 5.97 Å². The zero-order chi connectivity index (χ0) is 17.5. The maximum Gasteiger partial charge on any atom is 0.330 e. The lowest BCUT2D eigenvalue weighted by atomic mass is 10.2. The van der Waals surface area contributed by atoms with Crippen molar-refractivity contribution >= 4 is 5.97 Å². The van der Waals surface area contributed by atoms with Crippen LogP contribution in [0.2, 0.25) is 0 Å². The molecule has 0 saturated heterocycles. The number of esters is 1. The summed E-state index contributed by atoms with van der Waals surface area (Å²) in [4.78, 5) is 10.2. The number of ether oxygens (including phenoxy) is 1. The minimum atomic E-state index is -0.445. The standard InChI is InChI=1S/C5H8O3.C5H12O.C4H11N.C2H6/c1-8-5(7)3-2-4-6;1-5(2)3-4-6;1-2-3-4-5;1-2/h2-3,6H,4H2,1H3;5-6H,3-4H2,1-2H3;2-5H2,1H3;1-2H3/b3-2+;;;. The van der Waals surface area contributed by atoms with Crippen molar-refractivity contribution in [2.24, 2.45) is 11.7 Å². The Morgan fingerprint density at radius 3 is 1.95 bits per heavy atom. The summed E-state index contributed by atoms with van der Waals surface area (Å²) in [5.41, 5.74) is 5.14. The Labute approximate surface area is 131 Å². The highest BCUT2D eigenvalue weighted by Gasteiger charge is 1.87. The van der Waals surface area contributed by atoms with Crippen LogP contribution in [-0.4, -0.2) is 43.1 Å². The van der Waals surface area contributed by atoms with E-state index < -0.39 is 5.97 Å².